The molecule has 0 aliphatic rings. The number of aliphatic hydroxyl groups excluding tert-OH is 1. The van der Waals surface area contributed by atoms with Crippen LogP contribution in [0.5, 0.6) is 0 Å². The molecule has 0 aromatic carbocycles. The molecule has 0 aromatic heterocycles. The zero-order valence-electron chi connectivity index (χ0n) is 6.58. The van der Waals surface area contributed by atoms with Gasteiger partial charge in [-0.15, -0.1) is 0 Å². The number of unbranched alkanes of at least 4 members (excludes halogenated alkanes) is 2. The molecule has 11 heavy (non-hydrogen) atoms. The van der Waals surface area contributed by atoms with Gasteiger partial charge in [-0.1, -0.05) is 0 Å². The van der Waals surface area contributed by atoms with E-state index in [9.17, 15) is 0 Å². The number of aliphatic hydroxyl groups is 1. The van der Waals surface area contributed by atoms with E-state index in [0.717, 1.165) is 19.3 Å². The fraction of sp³-hybridized carbons (Fsp3) is 0.833. The van der Waals surface area contributed by atoms with Crippen LogP contribution in [0.1, 0.15) is 19.3 Å². The van der Waals surface area contributed by atoms with E-state index >= 15 is 0 Å². The Bertz CT molecular complexity index is 115. The largest absolute Gasteiger partial charge is 0.396 e. The molecule has 5 heteroatoms. The molecule has 0 fully saturated rings. The molecule has 0 atom stereocenters. The maximum atomic E-state index is 8.43. The first kappa shape index (κ1) is 10.2. The molecule has 0 heterocycles. The molecule has 0 aliphatic carbocycles. The van der Waals surface area contributed by atoms with Gasteiger partial charge in [0.1, 0.15) is 0 Å². The van der Waals surface area contributed by atoms with Gasteiger partial charge >= 0.3 is 0 Å². The Morgan fingerprint density at radius 2 is 2.09 bits per heavy atom. The second-order valence-corrected chi connectivity index (χ2v) is 2.20. The molecule has 6 N–H and O–H groups in total. The van der Waals surface area contributed by atoms with Crippen molar-refractivity contribution in [1.29, 1.82) is 0 Å². The van der Waals surface area contributed by atoms with Crippen LogP contribution in [-0.2, 0) is 0 Å². The van der Waals surface area contributed by atoms with E-state index in [1.54, 1.807) is 0 Å². The SMILES string of the molecule is NNC(N)=NCCCCCO. The molecule has 0 aliphatic heterocycles. The van der Waals surface area contributed by atoms with Crippen molar-refractivity contribution in [3.05, 3.63) is 0 Å². The summed E-state index contributed by atoms with van der Waals surface area (Å²) in [5, 5.41) is 8.43. The summed E-state index contributed by atoms with van der Waals surface area (Å²) in [7, 11) is 0. The second kappa shape index (κ2) is 7.30. The highest BCUT2D eigenvalue weighted by Crippen LogP contribution is 1.93. The van der Waals surface area contributed by atoms with Gasteiger partial charge in [0.25, 0.3) is 0 Å². The van der Waals surface area contributed by atoms with Crippen LogP contribution in [0.25, 0.3) is 0 Å². The van der Waals surface area contributed by atoms with Crippen LogP contribution < -0.4 is 17.0 Å². The number of nitrogens with zero attached hydrogens (tertiary/aromatic N) is 1. The van der Waals surface area contributed by atoms with Gasteiger partial charge in [-0.3, -0.25) is 10.4 Å². The molecule has 0 amide bonds. The number of nitrogens with two attached hydrogens (primary N) is 2. The van der Waals surface area contributed by atoms with Crippen molar-refractivity contribution < 1.29 is 5.11 Å². The van der Waals surface area contributed by atoms with Gasteiger partial charge in [0.15, 0.2) is 0 Å². The molecular weight excluding hydrogens is 144 g/mol. The van der Waals surface area contributed by atoms with Crippen LogP contribution in [0.3, 0.4) is 0 Å². The van der Waals surface area contributed by atoms with Crippen molar-refractivity contribution in [2.24, 2.45) is 16.6 Å². The summed E-state index contributed by atoms with van der Waals surface area (Å²) in [6.07, 6.45) is 2.73. The predicted octanol–water partition coefficient (Wildman–Crippen LogP) is -1.07. The van der Waals surface area contributed by atoms with E-state index in [4.69, 9.17) is 16.7 Å². The summed E-state index contributed by atoms with van der Waals surface area (Å²) >= 11 is 0. The normalized spacial score (nSPS) is 11.6. The molecule has 0 saturated heterocycles. The van der Waals surface area contributed by atoms with E-state index in [0.29, 0.717) is 6.54 Å². The van der Waals surface area contributed by atoms with Crippen LogP contribution in [0.15, 0.2) is 4.99 Å². The topological polar surface area (TPSA) is 96.7 Å². The fourth-order valence-corrected chi connectivity index (χ4v) is 0.646. The molecule has 0 spiro atoms. The summed E-state index contributed by atoms with van der Waals surface area (Å²) in [5.74, 6) is 5.23. The Balaban J connectivity index is 3.12. The van der Waals surface area contributed by atoms with E-state index in [1.165, 1.54) is 0 Å². The molecule has 0 saturated carbocycles. The van der Waals surface area contributed by atoms with Crippen LogP contribution in [0.2, 0.25) is 0 Å². The molecule has 0 unspecified atom stereocenters. The van der Waals surface area contributed by atoms with Crippen LogP contribution >= 0.6 is 0 Å². The Hall–Kier alpha value is -0.810. The first-order valence-electron chi connectivity index (χ1n) is 3.68. The molecule has 5 nitrogen and oxygen atoms in total. The highest BCUT2D eigenvalue weighted by molar-refractivity contribution is 5.76. The number of hydrogen-bond acceptors (Lipinski definition) is 3. The molecule has 0 bridgehead atoms. The maximum absolute atomic E-state index is 8.43. The minimum atomic E-state index is 0.244. The van der Waals surface area contributed by atoms with Crippen LogP contribution in [-0.4, -0.2) is 24.2 Å². The summed E-state index contributed by atoms with van der Waals surface area (Å²) in [6.45, 7) is 0.907. The summed E-state index contributed by atoms with van der Waals surface area (Å²) < 4.78 is 0. The van der Waals surface area contributed by atoms with E-state index in [1.807, 2.05) is 0 Å². The summed E-state index contributed by atoms with van der Waals surface area (Å²) in [4.78, 5) is 3.89. The Morgan fingerprint density at radius 1 is 1.36 bits per heavy atom. The molecular formula is C6H16N4O. The van der Waals surface area contributed by atoms with Crippen molar-refractivity contribution in [1.82, 2.24) is 5.43 Å². The van der Waals surface area contributed by atoms with Gasteiger partial charge in [-0.2, -0.15) is 0 Å². The fourth-order valence-electron chi connectivity index (χ4n) is 0.646. The third-order valence-corrected chi connectivity index (χ3v) is 1.25. The predicted molar refractivity (Wildman–Crippen MR) is 44.7 cm³/mol. The highest BCUT2D eigenvalue weighted by Gasteiger charge is 1.87. The summed E-state index contributed by atoms with van der Waals surface area (Å²) in [6, 6.07) is 0. The third-order valence-electron chi connectivity index (χ3n) is 1.25. The van der Waals surface area contributed by atoms with Gasteiger partial charge in [0.05, 0.1) is 0 Å². The van der Waals surface area contributed by atoms with Crippen molar-refractivity contribution in [2.45, 2.75) is 19.3 Å². The number of nitrogens with one attached hydrogen (secondary N) is 1. The zero-order chi connectivity index (χ0) is 8.53. The molecule has 0 radical (unpaired) electrons. The lowest BCUT2D eigenvalue weighted by Gasteiger charge is -1.97. The Labute approximate surface area is 66.5 Å². The van der Waals surface area contributed by atoms with Crippen LogP contribution in [0, 0.1) is 0 Å². The van der Waals surface area contributed by atoms with E-state index < -0.39 is 0 Å². The monoisotopic (exact) mass is 160 g/mol. The standard InChI is InChI=1S/C6H16N4O/c7-6(10-8)9-4-2-1-3-5-11/h11H,1-5,8H2,(H3,7,9,10). The second-order valence-electron chi connectivity index (χ2n) is 2.20. The van der Waals surface area contributed by atoms with Gasteiger partial charge in [0.2, 0.25) is 5.96 Å². The van der Waals surface area contributed by atoms with Crippen molar-refractivity contribution in [3.63, 3.8) is 0 Å². The van der Waals surface area contributed by atoms with E-state index in [2.05, 4.69) is 10.4 Å². The third kappa shape index (κ3) is 7.08. The first-order chi connectivity index (χ1) is 5.31. The number of rotatable bonds is 5. The number of hydrazine groups is 1. The summed E-state index contributed by atoms with van der Waals surface area (Å²) in [5.41, 5.74) is 7.49. The lowest BCUT2D eigenvalue weighted by atomic mass is 10.2. The highest BCUT2D eigenvalue weighted by atomic mass is 16.2. The van der Waals surface area contributed by atoms with Gasteiger partial charge in [-0.05, 0) is 19.3 Å². The van der Waals surface area contributed by atoms with Gasteiger partial charge in [0, 0.05) is 13.2 Å². The molecule has 0 rings (SSSR count). The average molecular weight is 160 g/mol. The lowest BCUT2D eigenvalue weighted by molar-refractivity contribution is 0.283. The first-order valence-corrected chi connectivity index (χ1v) is 3.68. The quantitative estimate of drug-likeness (QED) is 0.135. The van der Waals surface area contributed by atoms with Crippen molar-refractivity contribution in [2.75, 3.05) is 13.2 Å². The number of aliphatic imine (C=N–C) groups is 1. The average Bonchev–Trinajstić information content (AvgIpc) is 2.04. The van der Waals surface area contributed by atoms with Crippen molar-refractivity contribution >= 4 is 5.96 Å². The molecule has 0 aromatic rings. The Kier molecular flexibility index (Phi) is 6.76. The smallest absolute Gasteiger partial charge is 0.203 e. The Morgan fingerprint density at radius 3 is 2.64 bits per heavy atom. The van der Waals surface area contributed by atoms with Gasteiger partial charge in [-0.25, -0.2) is 5.84 Å². The molecule has 66 valence electrons. The van der Waals surface area contributed by atoms with Crippen LogP contribution in [0.4, 0.5) is 0 Å². The zero-order valence-corrected chi connectivity index (χ0v) is 6.58. The minimum absolute atomic E-state index is 0.244. The van der Waals surface area contributed by atoms with Gasteiger partial charge < -0.3 is 10.8 Å². The lowest BCUT2D eigenvalue weighted by Crippen LogP contribution is -2.37. The number of hydrogen-bond donors (Lipinski definition) is 4. The maximum Gasteiger partial charge on any atom is 0.203 e. The minimum Gasteiger partial charge on any atom is -0.396 e. The van der Waals surface area contributed by atoms with Crippen molar-refractivity contribution in [3.8, 4) is 0 Å². The number of guanidine groups is 1. The van der Waals surface area contributed by atoms with E-state index in [-0.39, 0.29) is 12.6 Å².